The lowest BCUT2D eigenvalue weighted by atomic mass is 9.95. The molecule has 0 aromatic heterocycles. The fourth-order valence-corrected chi connectivity index (χ4v) is 4.64. The molecule has 0 bridgehead atoms. The first-order valence-electron chi connectivity index (χ1n) is 13.5. The number of rotatable bonds is 13. The van der Waals surface area contributed by atoms with Crippen LogP contribution >= 0.6 is 0 Å². The molecular formula is C33H35NO5. The highest BCUT2D eigenvalue weighted by Gasteiger charge is 2.43. The summed E-state index contributed by atoms with van der Waals surface area (Å²) in [4.78, 5) is 28.4. The van der Waals surface area contributed by atoms with E-state index in [1.54, 1.807) is 12.1 Å². The van der Waals surface area contributed by atoms with E-state index in [1.807, 2.05) is 79.7 Å². The van der Waals surface area contributed by atoms with Crippen molar-refractivity contribution in [1.29, 1.82) is 0 Å². The third kappa shape index (κ3) is 6.77. The van der Waals surface area contributed by atoms with Crippen molar-refractivity contribution in [2.45, 2.75) is 45.7 Å². The number of ether oxygens (including phenoxy) is 2. The van der Waals surface area contributed by atoms with E-state index in [0.717, 1.165) is 30.4 Å². The molecule has 0 saturated carbocycles. The Morgan fingerprint density at radius 2 is 1.64 bits per heavy atom. The molecule has 0 radical (unpaired) electrons. The van der Waals surface area contributed by atoms with Gasteiger partial charge in [0.2, 0.25) is 0 Å². The Kier molecular flexibility index (Phi) is 9.57. The minimum Gasteiger partial charge on any atom is -0.503 e. The van der Waals surface area contributed by atoms with Gasteiger partial charge in [0.25, 0.3) is 5.91 Å². The van der Waals surface area contributed by atoms with Gasteiger partial charge in [0.15, 0.2) is 23.0 Å². The van der Waals surface area contributed by atoms with Gasteiger partial charge in [-0.15, -0.1) is 0 Å². The Labute approximate surface area is 230 Å². The molecule has 0 fully saturated rings. The summed E-state index contributed by atoms with van der Waals surface area (Å²) in [5, 5.41) is 11.0. The molecule has 4 rings (SSSR count). The highest BCUT2D eigenvalue weighted by Crippen LogP contribution is 2.42. The number of hydrogen-bond donors (Lipinski definition) is 1. The van der Waals surface area contributed by atoms with Crippen molar-refractivity contribution >= 4 is 17.8 Å². The van der Waals surface area contributed by atoms with Crippen LogP contribution in [0.5, 0.6) is 11.5 Å². The van der Waals surface area contributed by atoms with Crippen molar-refractivity contribution in [3.8, 4) is 11.5 Å². The van der Waals surface area contributed by atoms with E-state index in [-0.39, 0.29) is 12.1 Å². The number of benzene rings is 3. The van der Waals surface area contributed by atoms with Crippen LogP contribution in [-0.2, 0) is 16.1 Å². The zero-order chi connectivity index (χ0) is 27.6. The first-order valence-corrected chi connectivity index (χ1v) is 13.5. The van der Waals surface area contributed by atoms with E-state index in [4.69, 9.17) is 9.47 Å². The van der Waals surface area contributed by atoms with Gasteiger partial charge in [-0.25, -0.2) is 0 Å². The van der Waals surface area contributed by atoms with Gasteiger partial charge in [0.05, 0.1) is 24.8 Å². The minimum atomic E-state index is -0.793. The molecule has 1 atom stereocenters. The summed E-state index contributed by atoms with van der Waals surface area (Å²) in [6, 6.07) is 23.6. The molecule has 1 amide bonds. The predicted octanol–water partition coefficient (Wildman–Crippen LogP) is 6.83. The number of allylic oxidation sites excluding steroid dienone is 1. The van der Waals surface area contributed by atoms with Gasteiger partial charge in [-0.2, -0.15) is 0 Å². The number of hydrogen-bond acceptors (Lipinski definition) is 5. The molecule has 6 heteroatoms. The number of nitrogens with zero attached hydrogens (tertiary/aromatic N) is 1. The second kappa shape index (κ2) is 13.5. The lowest BCUT2D eigenvalue weighted by Gasteiger charge is -2.27. The molecule has 1 aliphatic rings. The Morgan fingerprint density at radius 3 is 2.33 bits per heavy atom. The van der Waals surface area contributed by atoms with Gasteiger partial charge in [-0.1, -0.05) is 92.6 Å². The summed E-state index contributed by atoms with van der Waals surface area (Å²) in [6.07, 6.45) is 6.20. The molecule has 3 aromatic rings. The van der Waals surface area contributed by atoms with Crippen LogP contribution in [0, 0.1) is 0 Å². The number of unbranched alkanes of at least 4 members (excludes halogenated alkanes) is 2. The van der Waals surface area contributed by atoms with Crippen molar-refractivity contribution in [1.82, 2.24) is 4.90 Å². The first-order chi connectivity index (χ1) is 19.0. The highest BCUT2D eigenvalue weighted by atomic mass is 16.5. The standard InChI is InChI=1S/C33H35NO5/c1-3-5-12-21-39-28-20-18-26(22-29(28)38-4-2)31-30(27(35)19-17-24-13-8-6-9-14-24)32(36)33(37)34(31)23-25-15-10-7-11-16-25/h6-11,13-20,22,31,36H,3-5,12,21,23H2,1-2H3. The number of ketones is 1. The molecular weight excluding hydrogens is 490 g/mol. The van der Waals surface area contributed by atoms with Crippen LogP contribution in [0.2, 0.25) is 0 Å². The molecule has 1 heterocycles. The van der Waals surface area contributed by atoms with Gasteiger partial charge < -0.3 is 19.5 Å². The SMILES string of the molecule is CCCCCOc1ccc(C2C(C(=O)C=Cc3ccccc3)=C(O)C(=O)N2Cc2ccccc2)cc1OCC. The summed E-state index contributed by atoms with van der Waals surface area (Å²) < 4.78 is 11.9. The Bertz CT molecular complexity index is 1330. The van der Waals surface area contributed by atoms with Crippen LogP contribution in [-0.4, -0.2) is 34.9 Å². The monoisotopic (exact) mass is 525 g/mol. The highest BCUT2D eigenvalue weighted by molar-refractivity contribution is 6.14. The summed E-state index contributed by atoms with van der Waals surface area (Å²) >= 11 is 0. The predicted molar refractivity (Wildman–Crippen MR) is 153 cm³/mol. The third-order valence-electron chi connectivity index (χ3n) is 6.58. The van der Waals surface area contributed by atoms with Crippen LogP contribution in [0.15, 0.2) is 96.3 Å². The third-order valence-corrected chi connectivity index (χ3v) is 6.58. The largest absolute Gasteiger partial charge is 0.503 e. The van der Waals surface area contributed by atoms with Gasteiger partial charge in [-0.3, -0.25) is 9.59 Å². The van der Waals surface area contributed by atoms with Gasteiger partial charge in [0.1, 0.15) is 0 Å². The van der Waals surface area contributed by atoms with E-state index in [9.17, 15) is 14.7 Å². The van der Waals surface area contributed by atoms with Crippen LogP contribution in [0.1, 0.15) is 55.8 Å². The van der Waals surface area contributed by atoms with E-state index < -0.39 is 23.5 Å². The first kappa shape index (κ1) is 27.7. The van der Waals surface area contributed by atoms with Gasteiger partial charge in [-0.05, 0) is 48.2 Å². The molecule has 1 aliphatic heterocycles. The molecule has 6 nitrogen and oxygen atoms in total. The summed E-state index contributed by atoms with van der Waals surface area (Å²) in [6.45, 7) is 5.26. The number of aliphatic hydroxyl groups is 1. The van der Waals surface area contributed by atoms with Crippen molar-refractivity contribution in [3.63, 3.8) is 0 Å². The van der Waals surface area contributed by atoms with E-state index >= 15 is 0 Å². The topological polar surface area (TPSA) is 76.1 Å². The summed E-state index contributed by atoms with van der Waals surface area (Å²) in [7, 11) is 0. The molecule has 0 saturated heterocycles. The summed E-state index contributed by atoms with van der Waals surface area (Å²) in [5.41, 5.74) is 2.43. The fourth-order valence-electron chi connectivity index (χ4n) is 4.64. The van der Waals surface area contributed by atoms with Crippen LogP contribution in [0.4, 0.5) is 0 Å². The van der Waals surface area contributed by atoms with Crippen LogP contribution < -0.4 is 9.47 Å². The Hall–Kier alpha value is -4.32. The van der Waals surface area contributed by atoms with Gasteiger partial charge in [0, 0.05) is 6.54 Å². The molecule has 0 spiro atoms. The minimum absolute atomic E-state index is 0.0437. The van der Waals surface area contributed by atoms with E-state index in [2.05, 4.69) is 6.92 Å². The summed E-state index contributed by atoms with van der Waals surface area (Å²) in [5.74, 6) is -0.393. The number of aliphatic hydroxyl groups excluding tert-OH is 1. The normalized spacial score (nSPS) is 15.3. The van der Waals surface area contributed by atoms with Crippen LogP contribution in [0.25, 0.3) is 6.08 Å². The zero-order valence-electron chi connectivity index (χ0n) is 22.5. The van der Waals surface area contributed by atoms with Crippen molar-refractivity contribution in [2.24, 2.45) is 0 Å². The molecule has 1 unspecified atom stereocenters. The lowest BCUT2D eigenvalue weighted by molar-refractivity contribution is -0.130. The van der Waals surface area contributed by atoms with Crippen LogP contribution in [0.3, 0.4) is 0 Å². The number of amides is 1. The van der Waals surface area contributed by atoms with Crippen molar-refractivity contribution in [2.75, 3.05) is 13.2 Å². The van der Waals surface area contributed by atoms with E-state index in [0.29, 0.717) is 30.3 Å². The molecule has 3 aromatic carbocycles. The van der Waals surface area contributed by atoms with E-state index in [1.165, 1.54) is 11.0 Å². The fraction of sp³-hybridized carbons (Fsp3) is 0.273. The maximum Gasteiger partial charge on any atom is 0.290 e. The Balaban J connectivity index is 1.71. The second-order valence-electron chi connectivity index (χ2n) is 9.39. The van der Waals surface area contributed by atoms with Gasteiger partial charge >= 0.3 is 0 Å². The number of carbonyl (C=O) groups is 2. The quantitative estimate of drug-likeness (QED) is 0.195. The molecule has 202 valence electrons. The maximum atomic E-state index is 13.5. The second-order valence-corrected chi connectivity index (χ2v) is 9.39. The van der Waals surface area contributed by atoms with Crippen molar-refractivity contribution < 1.29 is 24.2 Å². The molecule has 1 N–H and O–H groups in total. The number of carbonyl (C=O) groups excluding carboxylic acids is 2. The molecule has 0 aliphatic carbocycles. The maximum absolute atomic E-state index is 13.5. The molecule has 39 heavy (non-hydrogen) atoms. The van der Waals surface area contributed by atoms with Crippen molar-refractivity contribution in [3.05, 3.63) is 113 Å². The average Bonchev–Trinajstić information content (AvgIpc) is 3.21. The smallest absolute Gasteiger partial charge is 0.290 e. The lowest BCUT2D eigenvalue weighted by Crippen LogP contribution is -2.30. The average molecular weight is 526 g/mol. The Morgan fingerprint density at radius 1 is 0.923 bits per heavy atom. The zero-order valence-corrected chi connectivity index (χ0v) is 22.5.